The normalized spacial score (nSPS) is 42.1. The summed E-state index contributed by atoms with van der Waals surface area (Å²) in [6.45, 7) is 11.9. The fourth-order valence-electron chi connectivity index (χ4n) is 3.85. The van der Waals surface area contributed by atoms with E-state index >= 15 is 0 Å². The number of aliphatic hydroxyl groups excluding tert-OH is 1. The quantitative estimate of drug-likeness (QED) is 0.242. The molecule has 0 amide bonds. The molecule has 0 aromatic carbocycles. The van der Waals surface area contributed by atoms with E-state index in [4.69, 9.17) is 18.9 Å². The number of esters is 3. The third kappa shape index (κ3) is 4.06. The third-order valence-corrected chi connectivity index (χ3v) is 6.07. The lowest BCUT2D eigenvalue weighted by molar-refractivity contribution is -0.160. The van der Waals surface area contributed by atoms with Crippen LogP contribution in [0.4, 0.5) is 0 Å². The van der Waals surface area contributed by atoms with Gasteiger partial charge in [0.1, 0.15) is 24.4 Å². The van der Waals surface area contributed by atoms with Crippen LogP contribution < -0.4 is 0 Å². The zero-order valence-corrected chi connectivity index (χ0v) is 17.8. The monoisotopic (exact) mass is 420 g/mol. The number of aliphatic hydroxyl groups is 1. The molecule has 0 saturated carbocycles. The minimum absolute atomic E-state index is 0.0947. The number of hydrogen-bond acceptors (Lipinski definition) is 8. The number of carbonyl (C=O) groups is 3. The molecule has 1 aliphatic carbocycles. The van der Waals surface area contributed by atoms with Crippen molar-refractivity contribution in [3.8, 4) is 0 Å². The SMILES string of the molecule is C=C1C(=O)O[C@@H]2/C=C(/C)[C@@H](OC(C)=O)C/C=C(/C)C(OC(=O)[C@]3(C)O[C@@H]3C)C(O)[C@@H]12. The van der Waals surface area contributed by atoms with E-state index in [0.29, 0.717) is 17.6 Å². The molecule has 0 aromatic rings. The zero-order valence-electron chi connectivity index (χ0n) is 17.8. The first-order chi connectivity index (χ1) is 14.0. The maximum atomic E-state index is 12.7. The van der Waals surface area contributed by atoms with Crippen LogP contribution in [0.25, 0.3) is 0 Å². The van der Waals surface area contributed by atoms with Gasteiger partial charge in [0, 0.05) is 18.9 Å². The van der Waals surface area contributed by atoms with Gasteiger partial charge in [0.05, 0.1) is 12.0 Å². The van der Waals surface area contributed by atoms with Crippen molar-refractivity contribution in [3.05, 3.63) is 35.5 Å². The van der Waals surface area contributed by atoms with E-state index in [1.54, 1.807) is 39.8 Å². The van der Waals surface area contributed by atoms with Gasteiger partial charge in [0.25, 0.3) is 0 Å². The highest BCUT2D eigenvalue weighted by Crippen LogP contribution is 2.40. The van der Waals surface area contributed by atoms with Crippen LogP contribution in [0.15, 0.2) is 35.5 Å². The van der Waals surface area contributed by atoms with Gasteiger partial charge in [-0.2, -0.15) is 0 Å². The van der Waals surface area contributed by atoms with Crippen molar-refractivity contribution in [1.82, 2.24) is 0 Å². The number of fused-ring (bicyclic) bond motifs is 1. The molecule has 2 heterocycles. The second-order valence-electron chi connectivity index (χ2n) is 8.30. The van der Waals surface area contributed by atoms with Gasteiger partial charge in [-0.15, -0.1) is 0 Å². The third-order valence-electron chi connectivity index (χ3n) is 6.07. The summed E-state index contributed by atoms with van der Waals surface area (Å²) in [5.41, 5.74) is 0.273. The Morgan fingerprint density at radius 3 is 2.47 bits per heavy atom. The van der Waals surface area contributed by atoms with Gasteiger partial charge in [0.15, 0.2) is 5.60 Å². The van der Waals surface area contributed by atoms with Crippen molar-refractivity contribution >= 4 is 17.9 Å². The van der Waals surface area contributed by atoms with E-state index in [0.717, 1.165) is 0 Å². The number of carbonyl (C=O) groups excluding carboxylic acids is 3. The van der Waals surface area contributed by atoms with Crippen molar-refractivity contribution in [2.75, 3.05) is 0 Å². The molecule has 0 bridgehead atoms. The summed E-state index contributed by atoms with van der Waals surface area (Å²) in [7, 11) is 0. The van der Waals surface area contributed by atoms with Crippen LogP contribution in [-0.2, 0) is 33.3 Å². The van der Waals surface area contributed by atoms with Gasteiger partial charge in [-0.3, -0.25) is 4.79 Å². The molecular weight excluding hydrogens is 392 g/mol. The van der Waals surface area contributed by atoms with Gasteiger partial charge in [-0.05, 0) is 44.9 Å². The Morgan fingerprint density at radius 2 is 1.90 bits per heavy atom. The molecule has 3 rings (SSSR count). The number of epoxide rings is 1. The minimum atomic E-state index is -1.26. The molecular formula is C22H28O8. The summed E-state index contributed by atoms with van der Waals surface area (Å²) in [5, 5.41) is 11.2. The van der Waals surface area contributed by atoms with Crippen LogP contribution in [-0.4, -0.2) is 59.1 Å². The molecule has 7 atom stereocenters. The summed E-state index contributed by atoms with van der Waals surface area (Å²) in [5.74, 6) is -2.50. The summed E-state index contributed by atoms with van der Waals surface area (Å²) in [6.07, 6.45) is -0.284. The van der Waals surface area contributed by atoms with Crippen LogP contribution in [0.2, 0.25) is 0 Å². The average Bonchev–Trinajstić information content (AvgIpc) is 3.18. The Labute approximate surface area is 175 Å². The van der Waals surface area contributed by atoms with E-state index in [2.05, 4.69) is 6.58 Å². The second-order valence-corrected chi connectivity index (χ2v) is 8.30. The standard InChI is InChI=1S/C22H28O8/c1-10-7-8-15(27-14(5)23)11(2)9-16-17(12(3)20(25)28-16)18(24)19(10)29-21(26)22(6)13(4)30-22/h7,9,13,15-19,24H,3,8H2,1-2,4-6H3/b10-7-,11-9-/t13-,15+,16-,17+,18?,19?,22-/m1/s1. The number of rotatable bonds is 3. The Balaban J connectivity index is 1.98. The predicted octanol–water partition coefficient (Wildman–Crippen LogP) is 1.76. The van der Waals surface area contributed by atoms with Crippen molar-refractivity contribution in [1.29, 1.82) is 0 Å². The predicted molar refractivity (Wildman–Crippen MR) is 105 cm³/mol. The highest BCUT2D eigenvalue weighted by molar-refractivity contribution is 5.91. The summed E-state index contributed by atoms with van der Waals surface area (Å²) in [6, 6.07) is 0. The fraction of sp³-hybridized carbons (Fsp3) is 0.591. The highest BCUT2D eigenvalue weighted by Gasteiger charge is 2.58. The van der Waals surface area contributed by atoms with Crippen LogP contribution in [0.3, 0.4) is 0 Å². The van der Waals surface area contributed by atoms with E-state index in [-0.39, 0.29) is 11.7 Å². The van der Waals surface area contributed by atoms with Gasteiger partial charge in [-0.1, -0.05) is 12.7 Å². The highest BCUT2D eigenvalue weighted by atomic mass is 16.7. The molecule has 2 fully saturated rings. The minimum Gasteiger partial charge on any atom is -0.458 e. The topological polar surface area (TPSA) is 112 Å². The lowest BCUT2D eigenvalue weighted by Gasteiger charge is -2.31. The number of ether oxygens (including phenoxy) is 4. The molecule has 164 valence electrons. The van der Waals surface area contributed by atoms with Crippen LogP contribution in [0.5, 0.6) is 0 Å². The first-order valence-corrected chi connectivity index (χ1v) is 9.94. The molecule has 2 unspecified atom stereocenters. The van der Waals surface area contributed by atoms with Gasteiger partial charge in [-0.25, -0.2) is 9.59 Å². The summed E-state index contributed by atoms with van der Waals surface area (Å²) in [4.78, 5) is 36.4. The maximum Gasteiger partial charge on any atom is 0.341 e. The second kappa shape index (κ2) is 8.00. The van der Waals surface area contributed by atoms with E-state index in [1.807, 2.05) is 0 Å². The summed E-state index contributed by atoms with van der Waals surface area (Å²) < 4.78 is 21.8. The average molecular weight is 420 g/mol. The van der Waals surface area contributed by atoms with E-state index < -0.39 is 53.8 Å². The molecule has 8 nitrogen and oxygen atoms in total. The van der Waals surface area contributed by atoms with Crippen molar-refractivity contribution in [2.24, 2.45) is 5.92 Å². The van der Waals surface area contributed by atoms with Crippen LogP contribution in [0.1, 0.15) is 41.0 Å². The molecule has 2 aliphatic heterocycles. The van der Waals surface area contributed by atoms with Gasteiger partial charge in [0.2, 0.25) is 0 Å². The molecule has 30 heavy (non-hydrogen) atoms. The van der Waals surface area contributed by atoms with E-state index in [9.17, 15) is 19.5 Å². The van der Waals surface area contributed by atoms with E-state index in [1.165, 1.54) is 6.92 Å². The molecule has 1 N–H and O–H groups in total. The van der Waals surface area contributed by atoms with Gasteiger partial charge < -0.3 is 24.1 Å². The Kier molecular flexibility index (Phi) is 5.93. The maximum absolute atomic E-state index is 12.7. The largest absolute Gasteiger partial charge is 0.458 e. The molecule has 0 radical (unpaired) electrons. The van der Waals surface area contributed by atoms with Crippen molar-refractivity contribution in [3.63, 3.8) is 0 Å². The Hall–Kier alpha value is -2.45. The molecule has 0 aromatic heterocycles. The molecule has 0 spiro atoms. The lowest BCUT2D eigenvalue weighted by Crippen LogP contribution is -2.44. The fourth-order valence-corrected chi connectivity index (χ4v) is 3.85. The first-order valence-electron chi connectivity index (χ1n) is 9.94. The molecule has 2 saturated heterocycles. The Bertz CT molecular complexity index is 840. The smallest absolute Gasteiger partial charge is 0.341 e. The first kappa shape index (κ1) is 22.2. The van der Waals surface area contributed by atoms with Crippen LogP contribution in [0, 0.1) is 5.92 Å². The Morgan fingerprint density at radius 1 is 1.27 bits per heavy atom. The summed E-state index contributed by atoms with van der Waals surface area (Å²) >= 11 is 0. The van der Waals surface area contributed by atoms with Gasteiger partial charge >= 0.3 is 17.9 Å². The number of hydrogen-bond donors (Lipinski definition) is 1. The van der Waals surface area contributed by atoms with Crippen molar-refractivity contribution in [2.45, 2.75) is 77.2 Å². The molecule has 3 aliphatic rings. The lowest BCUT2D eigenvalue weighted by atomic mass is 9.83. The van der Waals surface area contributed by atoms with Crippen molar-refractivity contribution < 1.29 is 38.4 Å². The molecule has 8 heteroatoms. The van der Waals surface area contributed by atoms with Crippen LogP contribution >= 0.6 is 0 Å². The zero-order chi connectivity index (χ0) is 22.4.